The van der Waals surface area contributed by atoms with Gasteiger partial charge in [0, 0.05) is 25.4 Å². The number of aromatic nitrogens is 2. The second-order valence-electron chi connectivity index (χ2n) is 5.89. The highest BCUT2D eigenvalue weighted by atomic mass is 16.5. The van der Waals surface area contributed by atoms with Crippen LogP contribution in [0.25, 0.3) is 5.65 Å². The number of ether oxygens (including phenoxy) is 2. The van der Waals surface area contributed by atoms with Crippen LogP contribution in [0.3, 0.4) is 0 Å². The van der Waals surface area contributed by atoms with Crippen LogP contribution in [-0.2, 0) is 17.6 Å². The molecule has 0 fully saturated rings. The Balaban J connectivity index is 1.53. The van der Waals surface area contributed by atoms with Gasteiger partial charge in [0.2, 0.25) is 5.91 Å². The van der Waals surface area contributed by atoms with Gasteiger partial charge in [-0.3, -0.25) is 4.79 Å². The molecule has 2 heterocycles. The third-order valence-corrected chi connectivity index (χ3v) is 4.02. The zero-order valence-electron chi connectivity index (χ0n) is 15.1. The largest absolute Gasteiger partial charge is 0.497 e. The number of hydrogen-bond donors (Lipinski definition) is 1. The highest BCUT2D eigenvalue weighted by molar-refractivity contribution is 5.78. The summed E-state index contributed by atoms with van der Waals surface area (Å²) in [5.41, 5.74) is 2.67. The summed E-state index contributed by atoms with van der Waals surface area (Å²) in [5, 5.41) is 2.94. The molecule has 0 spiro atoms. The minimum Gasteiger partial charge on any atom is -0.497 e. The second kappa shape index (κ2) is 8.38. The van der Waals surface area contributed by atoms with Gasteiger partial charge >= 0.3 is 0 Å². The SMILES string of the molecule is CCOc1cccn2cc(CCNC(=O)Cc3ccc(OC)cc3)nc12. The van der Waals surface area contributed by atoms with Gasteiger partial charge in [-0.15, -0.1) is 0 Å². The van der Waals surface area contributed by atoms with E-state index < -0.39 is 0 Å². The monoisotopic (exact) mass is 353 g/mol. The van der Waals surface area contributed by atoms with E-state index >= 15 is 0 Å². The molecule has 2 aromatic heterocycles. The maximum atomic E-state index is 12.1. The van der Waals surface area contributed by atoms with E-state index in [0.29, 0.717) is 26.0 Å². The zero-order valence-corrected chi connectivity index (χ0v) is 15.1. The maximum Gasteiger partial charge on any atom is 0.224 e. The molecule has 0 aliphatic heterocycles. The van der Waals surface area contributed by atoms with Crippen LogP contribution < -0.4 is 14.8 Å². The number of methoxy groups -OCH3 is 1. The van der Waals surface area contributed by atoms with Crippen LogP contribution in [0.5, 0.6) is 11.5 Å². The molecule has 0 radical (unpaired) electrons. The number of fused-ring (bicyclic) bond motifs is 1. The molecule has 0 aliphatic rings. The van der Waals surface area contributed by atoms with Gasteiger partial charge in [0.1, 0.15) is 5.75 Å². The molecular formula is C20H23N3O3. The highest BCUT2D eigenvalue weighted by Crippen LogP contribution is 2.19. The van der Waals surface area contributed by atoms with Crippen molar-refractivity contribution >= 4 is 11.6 Å². The van der Waals surface area contributed by atoms with E-state index in [2.05, 4.69) is 10.3 Å². The molecule has 3 rings (SSSR count). The van der Waals surface area contributed by atoms with E-state index in [1.54, 1.807) is 7.11 Å². The number of imidazole rings is 1. The quantitative estimate of drug-likeness (QED) is 0.676. The molecule has 26 heavy (non-hydrogen) atoms. The Morgan fingerprint density at radius 3 is 2.77 bits per heavy atom. The van der Waals surface area contributed by atoms with Crippen molar-refractivity contribution in [1.29, 1.82) is 0 Å². The van der Waals surface area contributed by atoms with Crippen molar-refractivity contribution in [3.05, 3.63) is 60.0 Å². The van der Waals surface area contributed by atoms with Crippen LogP contribution in [0, 0.1) is 0 Å². The molecule has 0 saturated carbocycles. The van der Waals surface area contributed by atoms with Crippen molar-refractivity contribution in [1.82, 2.24) is 14.7 Å². The number of benzene rings is 1. The average Bonchev–Trinajstić information content (AvgIpc) is 3.06. The lowest BCUT2D eigenvalue weighted by atomic mass is 10.1. The molecule has 0 atom stereocenters. The molecule has 1 amide bonds. The molecule has 1 aromatic carbocycles. The molecule has 0 unspecified atom stereocenters. The van der Waals surface area contributed by atoms with E-state index in [1.165, 1.54) is 0 Å². The summed E-state index contributed by atoms with van der Waals surface area (Å²) >= 11 is 0. The predicted molar refractivity (Wildman–Crippen MR) is 99.8 cm³/mol. The molecular weight excluding hydrogens is 330 g/mol. The van der Waals surface area contributed by atoms with Crippen molar-refractivity contribution in [3.63, 3.8) is 0 Å². The van der Waals surface area contributed by atoms with Crippen molar-refractivity contribution < 1.29 is 14.3 Å². The lowest BCUT2D eigenvalue weighted by molar-refractivity contribution is -0.120. The summed E-state index contributed by atoms with van der Waals surface area (Å²) in [4.78, 5) is 16.7. The first-order chi connectivity index (χ1) is 12.7. The van der Waals surface area contributed by atoms with Crippen LogP contribution >= 0.6 is 0 Å². The summed E-state index contributed by atoms with van der Waals surface area (Å²) in [5.74, 6) is 1.55. The fraction of sp³-hybridized carbons (Fsp3) is 0.300. The Kier molecular flexibility index (Phi) is 5.73. The number of nitrogens with zero attached hydrogens (tertiary/aromatic N) is 2. The van der Waals surface area contributed by atoms with Crippen LogP contribution in [0.15, 0.2) is 48.8 Å². The number of hydrogen-bond acceptors (Lipinski definition) is 4. The summed E-state index contributed by atoms with van der Waals surface area (Å²) in [6.45, 7) is 3.10. The smallest absolute Gasteiger partial charge is 0.224 e. The van der Waals surface area contributed by atoms with Crippen molar-refractivity contribution in [3.8, 4) is 11.5 Å². The Labute approximate surface area is 152 Å². The summed E-state index contributed by atoms with van der Waals surface area (Å²) in [6.07, 6.45) is 4.93. The van der Waals surface area contributed by atoms with Gasteiger partial charge in [0.05, 0.1) is 25.8 Å². The number of amides is 1. The van der Waals surface area contributed by atoms with E-state index in [9.17, 15) is 4.79 Å². The fourth-order valence-corrected chi connectivity index (χ4v) is 2.75. The first kappa shape index (κ1) is 17.8. The Bertz CT molecular complexity index is 872. The highest BCUT2D eigenvalue weighted by Gasteiger charge is 2.08. The predicted octanol–water partition coefficient (Wildman–Crippen LogP) is 2.64. The average molecular weight is 353 g/mol. The lowest BCUT2D eigenvalue weighted by Gasteiger charge is -2.05. The first-order valence-corrected chi connectivity index (χ1v) is 8.68. The minimum absolute atomic E-state index is 0.00561. The molecule has 3 aromatic rings. The topological polar surface area (TPSA) is 64.9 Å². The Hall–Kier alpha value is -3.02. The third-order valence-electron chi connectivity index (χ3n) is 4.02. The summed E-state index contributed by atoms with van der Waals surface area (Å²) < 4.78 is 12.7. The normalized spacial score (nSPS) is 10.7. The van der Waals surface area contributed by atoms with Gasteiger partial charge in [0.15, 0.2) is 11.4 Å². The number of carbonyl (C=O) groups excluding carboxylic acids is 1. The molecule has 1 N–H and O–H groups in total. The number of pyridine rings is 1. The van der Waals surface area contributed by atoms with E-state index in [1.807, 2.05) is 60.1 Å². The van der Waals surface area contributed by atoms with Crippen LogP contribution in [0.2, 0.25) is 0 Å². The summed E-state index contributed by atoms with van der Waals surface area (Å²) in [7, 11) is 1.62. The number of rotatable bonds is 8. The molecule has 136 valence electrons. The van der Waals surface area contributed by atoms with E-state index in [4.69, 9.17) is 9.47 Å². The molecule has 0 aliphatic carbocycles. The van der Waals surface area contributed by atoms with E-state index in [0.717, 1.165) is 28.4 Å². The minimum atomic E-state index is -0.00561. The van der Waals surface area contributed by atoms with Crippen LogP contribution in [-0.4, -0.2) is 35.6 Å². The molecule has 6 heteroatoms. The van der Waals surface area contributed by atoms with Crippen molar-refractivity contribution in [2.45, 2.75) is 19.8 Å². The maximum absolute atomic E-state index is 12.1. The van der Waals surface area contributed by atoms with Crippen LogP contribution in [0.1, 0.15) is 18.2 Å². The second-order valence-corrected chi connectivity index (χ2v) is 5.89. The summed E-state index contributed by atoms with van der Waals surface area (Å²) in [6, 6.07) is 11.3. The molecule has 0 saturated heterocycles. The zero-order chi connectivity index (χ0) is 18.4. The first-order valence-electron chi connectivity index (χ1n) is 8.68. The van der Waals surface area contributed by atoms with Gasteiger partial charge in [-0.25, -0.2) is 4.98 Å². The lowest BCUT2D eigenvalue weighted by Crippen LogP contribution is -2.27. The van der Waals surface area contributed by atoms with Crippen LogP contribution in [0.4, 0.5) is 0 Å². The van der Waals surface area contributed by atoms with Gasteiger partial charge in [-0.05, 0) is 36.8 Å². The molecule has 0 bridgehead atoms. The third kappa shape index (κ3) is 4.33. The number of nitrogens with one attached hydrogen (secondary N) is 1. The van der Waals surface area contributed by atoms with Gasteiger partial charge in [-0.1, -0.05) is 12.1 Å². The van der Waals surface area contributed by atoms with Crippen molar-refractivity contribution in [2.24, 2.45) is 0 Å². The molecule has 6 nitrogen and oxygen atoms in total. The Morgan fingerprint density at radius 1 is 1.23 bits per heavy atom. The Morgan fingerprint density at radius 2 is 2.04 bits per heavy atom. The fourth-order valence-electron chi connectivity index (χ4n) is 2.75. The number of carbonyl (C=O) groups is 1. The van der Waals surface area contributed by atoms with Gasteiger partial charge in [-0.2, -0.15) is 0 Å². The van der Waals surface area contributed by atoms with E-state index in [-0.39, 0.29) is 5.91 Å². The van der Waals surface area contributed by atoms with Gasteiger partial charge in [0.25, 0.3) is 0 Å². The standard InChI is InChI=1S/C20H23N3O3/c1-3-26-18-5-4-12-23-14-16(22-20(18)23)10-11-21-19(24)13-15-6-8-17(25-2)9-7-15/h4-9,12,14H,3,10-11,13H2,1-2H3,(H,21,24). The van der Waals surface area contributed by atoms with Crippen molar-refractivity contribution in [2.75, 3.05) is 20.3 Å². The van der Waals surface area contributed by atoms with Gasteiger partial charge < -0.3 is 19.2 Å².